The van der Waals surface area contributed by atoms with Crippen molar-refractivity contribution in [3.05, 3.63) is 18.2 Å². The summed E-state index contributed by atoms with van der Waals surface area (Å²) in [6, 6.07) is 6.30. The highest BCUT2D eigenvalue weighted by molar-refractivity contribution is 7.22. The Hall–Kier alpha value is -1.86. The number of nitrogens with zero attached hydrogens (tertiary/aromatic N) is 2. The molecular formula is C19H25N3O3S. The number of fused-ring (bicyclic) bond motifs is 1. The molecule has 2 fully saturated rings. The van der Waals surface area contributed by atoms with Gasteiger partial charge in [-0.15, -0.1) is 0 Å². The van der Waals surface area contributed by atoms with Crippen molar-refractivity contribution in [2.45, 2.75) is 32.2 Å². The minimum absolute atomic E-state index is 0.0382. The van der Waals surface area contributed by atoms with E-state index < -0.39 is 0 Å². The highest BCUT2D eigenvalue weighted by Gasteiger charge is 2.31. The molecule has 2 aliphatic rings. The lowest BCUT2D eigenvalue weighted by atomic mass is 10.1. The Morgan fingerprint density at radius 3 is 3.04 bits per heavy atom. The molecule has 2 aromatic rings. The summed E-state index contributed by atoms with van der Waals surface area (Å²) >= 11 is 1.67. The zero-order valence-electron chi connectivity index (χ0n) is 15.1. The number of ether oxygens (including phenoxy) is 2. The molecule has 2 saturated heterocycles. The molecule has 0 aliphatic carbocycles. The lowest BCUT2D eigenvalue weighted by Crippen LogP contribution is -2.42. The van der Waals surface area contributed by atoms with Crippen LogP contribution in [0.4, 0.5) is 5.13 Å². The molecule has 7 heteroatoms. The van der Waals surface area contributed by atoms with Gasteiger partial charge in [0, 0.05) is 32.3 Å². The molecule has 1 amide bonds. The van der Waals surface area contributed by atoms with E-state index in [1.807, 2.05) is 19.1 Å². The molecule has 2 aliphatic heterocycles. The van der Waals surface area contributed by atoms with E-state index in [0.717, 1.165) is 66.7 Å². The number of nitrogens with one attached hydrogen (secondary N) is 1. The monoisotopic (exact) mass is 375 g/mol. The van der Waals surface area contributed by atoms with E-state index in [4.69, 9.17) is 14.5 Å². The second-order valence-electron chi connectivity index (χ2n) is 6.86. The van der Waals surface area contributed by atoms with Gasteiger partial charge < -0.3 is 19.7 Å². The van der Waals surface area contributed by atoms with Gasteiger partial charge in [0.2, 0.25) is 5.91 Å². The van der Waals surface area contributed by atoms with Gasteiger partial charge in [-0.2, -0.15) is 0 Å². The zero-order chi connectivity index (χ0) is 17.9. The van der Waals surface area contributed by atoms with Crippen LogP contribution in [0.2, 0.25) is 0 Å². The highest BCUT2D eigenvalue weighted by atomic mass is 32.1. The van der Waals surface area contributed by atoms with Gasteiger partial charge in [-0.3, -0.25) is 4.79 Å². The van der Waals surface area contributed by atoms with Gasteiger partial charge in [-0.1, -0.05) is 17.4 Å². The molecule has 140 valence electrons. The standard InChI is InChI=1S/C19H25N3O3S/c1-2-25-15-4-3-5-16-17(15)21-19(26-16)22-9-6-13(12-22)18(23)20-14-7-10-24-11-8-14/h3-5,13-14H,2,6-12H2,1H3,(H,20,23). The lowest BCUT2D eigenvalue weighted by molar-refractivity contribution is -0.125. The fourth-order valence-electron chi connectivity index (χ4n) is 3.63. The molecule has 26 heavy (non-hydrogen) atoms. The molecule has 0 saturated carbocycles. The summed E-state index contributed by atoms with van der Waals surface area (Å²) in [4.78, 5) is 19.6. The quantitative estimate of drug-likeness (QED) is 0.871. The van der Waals surface area contributed by atoms with Gasteiger partial charge in [0.25, 0.3) is 0 Å². The number of para-hydroxylation sites is 1. The fourth-order valence-corrected chi connectivity index (χ4v) is 4.65. The third kappa shape index (κ3) is 3.64. The molecule has 6 nitrogen and oxygen atoms in total. The van der Waals surface area contributed by atoms with E-state index in [1.165, 1.54) is 0 Å². The van der Waals surface area contributed by atoms with E-state index in [-0.39, 0.29) is 17.9 Å². The predicted octanol–water partition coefficient (Wildman–Crippen LogP) is 2.82. The Bertz CT molecular complexity index is 772. The first-order valence-corrected chi connectivity index (χ1v) is 10.2. The number of amides is 1. The average Bonchev–Trinajstić information content (AvgIpc) is 3.30. The molecule has 3 heterocycles. The summed E-state index contributed by atoms with van der Waals surface area (Å²) in [6.07, 6.45) is 2.71. The van der Waals surface area contributed by atoms with Crippen molar-refractivity contribution >= 4 is 32.6 Å². The Morgan fingerprint density at radius 2 is 2.23 bits per heavy atom. The first-order chi connectivity index (χ1) is 12.7. The summed E-state index contributed by atoms with van der Waals surface area (Å²) in [5, 5.41) is 4.18. The first-order valence-electron chi connectivity index (χ1n) is 9.40. The molecule has 1 aromatic heterocycles. The van der Waals surface area contributed by atoms with Crippen molar-refractivity contribution in [2.24, 2.45) is 5.92 Å². The second kappa shape index (κ2) is 7.80. The molecule has 0 radical (unpaired) electrons. The van der Waals surface area contributed by atoms with Crippen molar-refractivity contribution in [1.82, 2.24) is 10.3 Å². The van der Waals surface area contributed by atoms with Crippen molar-refractivity contribution in [2.75, 3.05) is 37.8 Å². The van der Waals surface area contributed by atoms with Crippen LogP contribution in [-0.2, 0) is 9.53 Å². The average molecular weight is 375 g/mol. The van der Waals surface area contributed by atoms with Crippen LogP contribution in [0.25, 0.3) is 10.2 Å². The lowest BCUT2D eigenvalue weighted by Gasteiger charge is -2.24. The largest absolute Gasteiger partial charge is 0.492 e. The van der Waals surface area contributed by atoms with Crippen LogP contribution in [-0.4, -0.2) is 49.8 Å². The number of thiazole rings is 1. The molecule has 1 unspecified atom stereocenters. The van der Waals surface area contributed by atoms with Crippen LogP contribution in [0.5, 0.6) is 5.75 Å². The van der Waals surface area contributed by atoms with E-state index in [0.29, 0.717) is 6.61 Å². The summed E-state index contributed by atoms with van der Waals surface area (Å²) in [5.41, 5.74) is 0.921. The van der Waals surface area contributed by atoms with Gasteiger partial charge in [-0.05, 0) is 38.3 Å². The van der Waals surface area contributed by atoms with Gasteiger partial charge in [-0.25, -0.2) is 4.98 Å². The number of anilines is 1. The number of rotatable bonds is 5. The number of carbonyl (C=O) groups is 1. The van der Waals surface area contributed by atoms with Crippen LogP contribution < -0.4 is 15.0 Å². The second-order valence-corrected chi connectivity index (χ2v) is 7.87. The topological polar surface area (TPSA) is 63.7 Å². The highest BCUT2D eigenvalue weighted by Crippen LogP contribution is 2.36. The number of benzene rings is 1. The van der Waals surface area contributed by atoms with Gasteiger partial charge >= 0.3 is 0 Å². The summed E-state index contributed by atoms with van der Waals surface area (Å²) < 4.78 is 12.2. The zero-order valence-corrected chi connectivity index (χ0v) is 15.9. The normalized spacial score (nSPS) is 21.3. The fraction of sp³-hybridized carbons (Fsp3) is 0.579. The SMILES string of the molecule is CCOc1cccc2sc(N3CCC(C(=O)NC4CCOCC4)C3)nc12. The van der Waals surface area contributed by atoms with E-state index in [9.17, 15) is 4.79 Å². The van der Waals surface area contributed by atoms with E-state index in [2.05, 4.69) is 16.3 Å². The maximum Gasteiger partial charge on any atom is 0.225 e. The molecule has 4 rings (SSSR count). The minimum Gasteiger partial charge on any atom is -0.492 e. The predicted molar refractivity (Wildman–Crippen MR) is 103 cm³/mol. The van der Waals surface area contributed by atoms with Gasteiger partial charge in [0.05, 0.1) is 17.2 Å². The minimum atomic E-state index is 0.0382. The summed E-state index contributed by atoms with van der Waals surface area (Å²) in [6.45, 7) is 5.71. The van der Waals surface area contributed by atoms with Crippen molar-refractivity contribution in [1.29, 1.82) is 0 Å². The van der Waals surface area contributed by atoms with Crippen LogP contribution in [0.15, 0.2) is 18.2 Å². The summed E-state index contributed by atoms with van der Waals surface area (Å²) in [7, 11) is 0. The Morgan fingerprint density at radius 1 is 1.38 bits per heavy atom. The Labute approximate surface area is 157 Å². The van der Waals surface area contributed by atoms with Crippen molar-refractivity contribution in [3.8, 4) is 5.75 Å². The molecular weight excluding hydrogens is 350 g/mol. The summed E-state index contributed by atoms with van der Waals surface area (Å²) in [5.74, 6) is 1.05. The van der Waals surface area contributed by atoms with Crippen LogP contribution in [0, 0.1) is 5.92 Å². The van der Waals surface area contributed by atoms with Crippen LogP contribution in [0.1, 0.15) is 26.2 Å². The Balaban J connectivity index is 1.42. The first kappa shape index (κ1) is 17.5. The molecule has 1 aromatic carbocycles. The van der Waals surface area contributed by atoms with Crippen molar-refractivity contribution < 1.29 is 14.3 Å². The Kier molecular flexibility index (Phi) is 5.26. The maximum absolute atomic E-state index is 12.6. The molecule has 1 N–H and O–H groups in total. The van der Waals surface area contributed by atoms with E-state index in [1.54, 1.807) is 11.3 Å². The molecule has 0 spiro atoms. The van der Waals surface area contributed by atoms with Gasteiger partial charge in [0.15, 0.2) is 5.13 Å². The third-order valence-electron chi connectivity index (χ3n) is 5.07. The smallest absolute Gasteiger partial charge is 0.225 e. The molecule has 0 bridgehead atoms. The van der Waals surface area contributed by atoms with Crippen molar-refractivity contribution in [3.63, 3.8) is 0 Å². The van der Waals surface area contributed by atoms with E-state index >= 15 is 0 Å². The third-order valence-corrected chi connectivity index (χ3v) is 6.15. The van der Waals surface area contributed by atoms with Crippen LogP contribution in [0.3, 0.4) is 0 Å². The van der Waals surface area contributed by atoms with Gasteiger partial charge in [0.1, 0.15) is 11.3 Å². The maximum atomic E-state index is 12.6. The number of carbonyl (C=O) groups excluding carboxylic acids is 1. The number of aromatic nitrogens is 1. The number of hydrogen-bond acceptors (Lipinski definition) is 6. The molecule has 1 atom stereocenters. The van der Waals surface area contributed by atoms with Crippen LogP contribution >= 0.6 is 11.3 Å². The number of hydrogen-bond donors (Lipinski definition) is 1.